The van der Waals surface area contributed by atoms with E-state index >= 15 is 0 Å². The molecule has 0 saturated carbocycles. The summed E-state index contributed by atoms with van der Waals surface area (Å²) >= 11 is 0. The first-order chi connectivity index (χ1) is 21.5. The minimum absolute atomic E-state index is 0.160. The Balaban J connectivity index is 1.26. The van der Waals surface area contributed by atoms with Gasteiger partial charge < -0.3 is 31.1 Å². The lowest BCUT2D eigenvalue weighted by Crippen LogP contribution is -2.48. The zero-order chi connectivity index (χ0) is 32.1. The number of hydrogen-bond donors (Lipinski definition) is 5. The highest BCUT2D eigenvalue weighted by Gasteiger charge is 2.44. The average molecular weight is 607 g/mol. The van der Waals surface area contributed by atoms with E-state index in [4.69, 9.17) is 0 Å². The van der Waals surface area contributed by atoms with Gasteiger partial charge in [0.1, 0.15) is 0 Å². The number of hydrogen-bond acceptors (Lipinski definition) is 6. The van der Waals surface area contributed by atoms with Gasteiger partial charge in [-0.3, -0.25) is 14.7 Å². The summed E-state index contributed by atoms with van der Waals surface area (Å²) in [5.41, 5.74) is 4.51. The summed E-state index contributed by atoms with van der Waals surface area (Å²) < 4.78 is 0. The van der Waals surface area contributed by atoms with E-state index in [-0.39, 0.29) is 23.9 Å². The molecule has 1 unspecified atom stereocenters. The molecule has 2 heterocycles. The normalized spacial score (nSPS) is 13.9. The van der Waals surface area contributed by atoms with Crippen molar-refractivity contribution in [2.75, 3.05) is 36.6 Å². The number of anilines is 4. The molecule has 3 aromatic carbocycles. The molecule has 1 aliphatic rings. The first kappa shape index (κ1) is 31.0. The third kappa shape index (κ3) is 7.05. The van der Waals surface area contributed by atoms with Gasteiger partial charge in [0, 0.05) is 34.7 Å². The van der Waals surface area contributed by atoms with Crippen molar-refractivity contribution >= 4 is 40.7 Å². The van der Waals surface area contributed by atoms with Crippen molar-refractivity contribution in [3.05, 3.63) is 114 Å². The molecule has 1 atom stereocenters. The lowest BCUT2D eigenvalue weighted by molar-refractivity contribution is -0.111. The summed E-state index contributed by atoms with van der Waals surface area (Å²) in [6, 6.07) is 23.5. The SMILES string of the molecule is C=CC(=O)Nc1ccc(C(=O)Nc2cccc(Nc3n[nH]c4c3CN(C(=O)NC(CN(C)C)c3ccccc3)C4(C)C)c2)cc1. The quantitative estimate of drug-likeness (QED) is 0.149. The van der Waals surface area contributed by atoms with Gasteiger partial charge in [-0.1, -0.05) is 43.0 Å². The van der Waals surface area contributed by atoms with Crippen molar-refractivity contribution in [1.29, 1.82) is 0 Å². The number of carbonyl (C=O) groups excluding carboxylic acids is 3. The molecule has 45 heavy (non-hydrogen) atoms. The predicted molar refractivity (Wildman–Crippen MR) is 176 cm³/mol. The van der Waals surface area contributed by atoms with Crippen molar-refractivity contribution in [3.63, 3.8) is 0 Å². The van der Waals surface area contributed by atoms with Gasteiger partial charge in [-0.25, -0.2) is 4.79 Å². The number of nitrogens with one attached hydrogen (secondary N) is 5. The minimum atomic E-state index is -0.619. The summed E-state index contributed by atoms with van der Waals surface area (Å²) in [6.45, 7) is 8.47. The number of aromatic nitrogens is 2. The standard InChI is InChI=1S/C34H38N8O3/c1-6-29(43)35-24-17-15-23(16-18-24)32(44)37-26-14-10-13-25(19-26)36-31-27-20-42(34(2,3)30(27)39-40-31)33(45)38-28(21-41(4)5)22-11-8-7-9-12-22/h6-19,28H,1,20-21H2,2-5H3,(H,35,43)(H,37,44)(H,38,45)(H2,36,39,40). The van der Waals surface area contributed by atoms with Crippen LogP contribution in [0, 0.1) is 0 Å². The summed E-state index contributed by atoms with van der Waals surface area (Å²) in [5.74, 6) is -0.00175. The monoisotopic (exact) mass is 606 g/mol. The molecule has 0 spiro atoms. The Kier molecular flexibility index (Phi) is 9.01. The third-order valence-electron chi connectivity index (χ3n) is 7.75. The molecule has 0 aliphatic carbocycles. The van der Waals surface area contributed by atoms with Crippen molar-refractivity contribution in [3.8, 4) is 0 Å². The van der Waals surface area contributed by atoms with E-state index in [0.717, 1.165) is 22.5 Å². The average Bonchev–Trinajstić information content (AvgIpc) is 3.54. The van der Waals surface area contributed by atoms with Crippen LogP contribution in [-0.4, -0.2) is 58.5 Å². The van der Waals surface area contributed by atoms with Gasteiger partial charge in [0.2, 0.25) is 5.91 Å². The molecule has 0 fully saturated rings. The minimum Gasteiger partial charge on any atom is -0.338 e. The van der Waals surface area contributed by atoms with Gasteiger partial charge in [0.25, 0.3) is 5.91 Å². The number of carbonyl (C=O) groups is 3. The van der Waals surface area contributed by atoms with Crippen LogP contribution in [0.1, 0.15) is 47.1 Å². The molecule has 0 saturated heterocycles. The Hall–Kier alpha value is -5.42. The summed E-state index contributed by atoms with van der Waals surface area (Å²) in [6.07, 6.45) is 1.18. The highest BCUT2D eigenvalue weighted by molar-refractivity contribution is 6.05. The smallest absolute Gasteiger partial charge is 0.319 e. The van der Waals surface area contributed by atoms with Crippen molar-refractivity contribution in [2.24, 2.45) is 0 Å². The second kappa shape index (κ2) is 13.1. The van der Waals surface area contributed by atoms with E-state index in [1.807, 2.05) is 81.4 Å². The number of urea groups is 1. The molecule has 232 valence electrons. The maximum atomic E-state index is 13.7. The Morgan fingerprint density at radius 2 is 1.69 bits per heavy atom. The van der Waals surface area contributed by atoms with Gasteiger partial charge in [-0.15, -0.1) is 0 Å². The number of aromatic amines is 1. The van der Waals surface area contributed by atoms with Gasteiger partial charge >= 0.3 is 6.03 Å². The van der Waals surface area contributed by atoms with Crippen molar-refractivity contribution in [1.82, 2.24) is 25.3 Å². The second-order valence-corrected chi connectivity index (χ2v) is 11.7. The Morgan fingerprint density at radius 3 is 2.38 bits per heavy atom. The molecular weight excluding hydrogens is 568 g/mol. The fourth-order valence-electron chi connectivity index (χ4n) is 5.37. The van der Waals surface area contributed by atoms with Crippen molar-refractivity contribution < 1.29 is 14.4 Å². The van der Waals surface area contributed by atoms with E-state index in [1.54, 1.807) is 30.3 Å². The van der Waals surface area contributed by atoms with E-state index in [9.17, 15) is 14.4 Å². The first-order valence-electron chi connectivity index (χ1n) is 14.6. The van der Waals surface area contributed by atoms with E-state index in [0.29, 0.717) is 35.8 Å². The van der Waals surface area contributed by atoms with E-state index in [1.165, 1.54) is 6.08 Å². The molecule has 4 amide bonds. The van der Waals surface area contributed by atoms with Crippen LogP contribution in [0.2, 0.25) is 0 Å². The number of fused-ring (bicyclic) bond motifs is 1. The van der Waals surface area contributed by atoms with Crippen LogP contribution in [0.5, 0.6) is 0 Å². The molecule has 1 aromatic heterocycles. The largest absolute Gasteiger partial charge is 0.338 e. The van der Waals surface area contributed by atoms with Crippen LogP contribution >= 0.6 is 0 Å². The second-order valence-electron chi connectivity index (χ2n) is 11.7. The molecule has 5 N–H and O–H groups in total. The molecule has 5 rings (SSSR count). The van der Waals surface area contributed by atoms with E-state index < -0.39 is 5.54 Å². The summed E-state index contributed by atoms with van der Waals surface area (Å²) in [4.78, 5) is 41.9. The fourth-order valence-corrected chi connectivity index (χ4v) is 5.37. The van der Waals surface area contributed by atoms with Crippen LogP contribution in [0.3, 0.4) is 0 Å². The van der Waals surface area contributed by atoms with Crippen LogP contribution in [0.25, 0.3) is 0 Å². The Labute approximate surface area is 262 Å². The number of benzene rings is 3. The molecule has 0 radical (unpaired) electrons. The van der Waals surface area contributed by atoms with Gasteiger partial charge in [-0.2, -0.15) is 5.10 Å². The number of amides is 4. The van der Waals surface area contributed by atoms with Gasteiger partial charge in [-0.05, 0) is 82.0 Å². The molecular formula is C34H38N8O3. The highest BCUT2D eigenvalue weighted by Crippen LogP contribution is 2.41. The topological polar surface area (TPSA) is 134 Å². The van der Waals surface area contributed by atoms with Crippen LogP contribution < -0.4 is 21.3 Å². The zero-order valence-electron chi connectivity index (χ0n) is 25.8. The highest BCUT2D eigenvalue weighted by atomic mass is 16.2. The number of H-pyrrole nitrogens is 1. The first-order valence-corrected chi connectivity index (χ1v) is 14.6. The Morgan fingerprint density at radius 1 is 0.978 bits per heavy atom. The van der Waals surface area contributed by atoms with Crippen LogP contribution in [0.4, 0.5) is 27.7 Å². The number of nitrogens with zero attached hydrogens (tertiary/aromatic N) is 3. The van der Waals surface area contributed by atoms with Crippen LogP contribution in [-0.2, 0) is 16.9 Å². The molecule has 11 heteroatoms. The maximum Gasteiger partial charge on any atom is 0.319 e. The molecule has 11 nitrogen and oxygen atoms in total. The number of rotatable bonds is 10. The van der Waals surface area contributed by atoms with Gasteiger partial charge in [0.15, 0.2) is 5.82 Å². The predicted octanol–water partition coefficient (Wildman–Crippen LogP) is 5.59. The lowest BCUT2D eigenvalue weighted by atomic mass is 10.0. The maximum absolute atomic E-state index is 13.7. The molecule has 0 bridgehead atoms. The zero-order valence-corrected chi connectivity index (χ0v) is 25.8. The van der Waals surface area contributed by atoms with Crippen molar-refractivity contribution in [2.45, 2.75) is 32.0 Å². The third-order valence-corrected chi connectivity index (χ3v) is 7.75. The van der Waals surface area contributed by atoms with Crippen LogP contribution in [0.15, 0.2) is 91.5 Å². The number of likely N-dealkylation sites (N-methyl/N-ethyl adjacent to an activating group) is 1. The lowest BCUT2D eigenvalue weighted by Gasteiger charge is -2.34. The summed E-state index contributed by atoms with van der Waals surface area (Å²) in [7, 11) is 3.98. The summed E-state index contributed by atoms with van der Waals surface area (Å²) in [5, 5.41) is 19.8. The van der Waals surface area contributed by atoms with E-state index in [2.05, 4.69) is 42.9 Å². The Bertz CT molecular complexity index is 1700. The molecule has 4 aromatic rings. The molecule has 1 aliphatic heterocycles. The van der Waals surface area contributed by atoms with Gasteiger partial charge in [0.05, 0.1) is 23.8 Å². The fraction of sp³-hybridized carbons (Fsp3) is 0.235.